The first kappa shape index (κ1) is 14.8. The van der Waals surface area contributed by atoms with Crippen molar-refractivity contribution in [2.45, 2.75) is 39.3 Å². The van der Waals surface area contributed by atoms with Gasteiger partial charge in [-0.05, 0) is 57.1 Å². The zero-order valence-electron chi connectivity index (χ0n) is 12.6. The van der Waals surface area contributed by atoms with Crippen LogP contribution in [-0.2, 0) is 6.54 Å². The lowest BCUT2D eigenvalue weighted by Gasteiger charge is -2.33. The Labute approximate surface area is 129 Å². The molecular formula is C16H22N2O2S. The molecule has 2 aromatic heterocycles. The van der Waals surface area contributed by atoms with Gasteiger partial charge < -0.3 is 9.63 Å². The van der Waals surface area contributed by atoms with Gasteiger partial charge in [0.2, 0.25) is 0 Å². The third-order valence-corrected chi connectivity index (χ3v) is 5.42. The normalized spacial score (nSPS) is 19.0. The molecule has 4 nitrogen and oxygen atoms in total. The van der Waals surface area contributed by atoms with Crippen LogP contribution in [0, 0.1) is 19.8 Å². The van der Waals surface area contributed by atoms with Crippen LogP contribution >= 0.6 is 11.3 Å². The maximum Gasteiger partial charge on any atom is 0.138 e. The third-order valence-electron chi connectivity index (χ3n) is 4.48. The number of aliphatic hydroxyl groups is 1. The molecule has 1 aliphatic heterocycles. The molecule has 3 heterocycles. The Hall–Kier alpha value is -1.17. The van der Waals surface area contributed by atoms with Crippen LogP contribution in [0.25, 0.3) is 0 Å². The van der Waals surface area contributed by atoms with E-state index in [1.807, 2.05) is 31.4 Å². The van der Waals surface area contributed by atoms with Crippen LogP contribution in [0.1, 0.15) is 40.8 Å². The summed E-state index contributed by atoms with van der Waals surface area (Å²) in [5.41, 5.74) is 2.21. The third kappa shape index (κ3) is 3.20. The van der Waals surface area contributed by atoms with Gasteiger partial charge >= 0.3 is 0 Å². The van der Waals surface area contributed by atoms with E-state index in [9.17, 15) is 5.11 Å². The summed E-state index contributed by atoms with van der Waals surface area (Å²) in [4.78, 5) is 3.53. The van der Waals surface area contributed by atoms with E-state index in [1.165, 1.54) is 5.56 Å². The quantitative estimate of drug-likeness (QED) is 0.941. The Morgan fingerprint density at radius 3 is 2.76 bits per heavy atom. The number of hydrogen-bond acceptors (Lipinski definition) is 5. The monoisotopic (exact) mass is 306 g/mol. The van der Waals surface area contributed by atoms with Crippen LogP contribution in [-0.4, -0.2) is 28.3 Å². The number of piperidine rings is 1. The second kappa shape index (κ2) is 6.30. The molecule has 114 valence electrons. The Kier molecular flexibility index (Phi) is 4.42. The maximum atomic E-state index is 10.4. The number of aromatic nitrogens is 1. The van der Waals surface area contributed by atoms with E-state index in [4.69, 9.17) is 4.52 Å². The molecular weight excluding hydrogens is 284 g/mol. The largest absolute Gasteiger partial charge is 0.387 e. The highest BCUT2D eigenvalue weighted by Crippen LogP contribution is 2.33. The maximum absolute atomic E-state index is 10.4. The topological polar surface area (TPSA) is 49.5 Å². The zero-order chi connectivity index (χ0) is 14.8. The van der Waals surface area contributed by atoms with E-state index in [1.54, 1.807) is 11.3 Å². The van der Waals surface area contributed by atoms with Gasteiger partial charge in [-0.2, -0.15) is 0 Å². The molecule has 0 bridgehead atoms. The lowest BCUT2D eigenvalue weighted by Crippen LogP contribution is -2.35. The summed E-state index contributed by atoms with van der Waals surface area (Å²) >= 11 is 1.65. The van der Waals surface area contributed by atoms with Crippen LogP contribution in [0.3, 0.4) is 0 Å². The first-order valence-electron chi connectivity index (χ1n) is 7.50. The minimum atomic E-state index is -0.300. The highest BCUT2D eigenvalue weighted by Gasteiger charge is 2.27. The zero-order valence-corrected chi connectivity index (χ0v) is 13.4. The number of nitrogens with zero attached hydrogens (tertiary/aromatic N) is 2. The standard InChI is InChI=1S/C16H22N2O2S/c1-11-14(12(2)20-17-11)10-18-7-5-13(6-8-18)16(19)15-4-3-9-21-15/h3-4,9,13,16,19H,5-8,10H2,1-2H3. The Bertz CT molecular complexity index is 552. The first-order valence-corrected chi connectivity index (χ1v) is 8.38. The SMILES string of the molecule is Cc1noc(C)c1CN1CCC(C(O)c2cccs2)CC1. The lowest BCUT2D eigenvalue weighted by atomic mass is 9.90. The molecule has 0 amide bonds. The molecule has 1 N–H and O–H groups in total. The highest BCUT2D eigenvalue weighted by molar-refractivity contribution is 7.10. The van der Waals surface area contributed by atoms with E-state index in [0.29, 0.717) is 5.92 Å². The summed E-state index contributed by atoms with van der Waals surface area (Å²) in [6, 6.07) is 4.04. The van der Waals surface area contributed by atoms with Crippen molar-refractivity contribution in [3.63, 3.8) is 0 Å². The van der Waals surface area contributed by atoms with Crippen LogP contribution in [0.2, 0.25) is 0 Å². The second-order valence-corrected chi connectivity index (χ2v) is 6.86. The van der Waals surface area contributed by atoms with Crippen LogP contribution < -0.4 is 0 Å². The highest BCUT2D eigenvalue weighted by atomic mass is 32.1. The summed E-state index contributed by atoms with van der Waals surface area (Å²) in [5, 5.41) is 16.5. The number of aliphatic hydroxyl groups excluding tert-OH is 1. The summed E-state index contributed by atoms with van der Waals surface area (Å²) in [7, 11) is 0. The molecule has 1 saturated heterocycles. The van der Waals surface area contributed by atoms with Crippen molar-refractivity contribution in [3.8, 4) is 0 Å². The molecule has 1 aliphatic rings. The average Bonchev–Trinajstić information content (AvgIpc) is 3.13. The Morgan fingerprint density at radius 1 is 1.43 bits per heavy atom. The lowest BCUT2D eigenvalue weighted by molar-refractivity contribution is 0.0589. The van der Waals surface area contributed by atoms with E-state index in [0.717, 1.165) is 48.8 Å². The van der Waals surface area contributed by atoms with Crippen molar-refractivity contribution < 1.29 is 9.63 Å². The van der Waals surface area contributed by atoms with Crippen molar-refractivity contribution in [1.29, 1.82) is 0 Å². The van der Waals surface area contributed by atoms with Crippen molar-refractivity contribution >= 4 is 11.3 Å². The molecule has 2 aromatic rings. The predicted molar refractivity (Wildman–Crippen MR) is 83.3 cm³/mol. The molecule has 0 radical (unpaired) electrons. The van der Waals surface area contributed by atoms with Gasteiger partial charge in [0, 0.05) is 17.0 Å². The molecule has 0 saturated carbocycles. The number of aryl methyl sites for hydroxylation is 2. The second-order valence-electron chi connectivity index (χ2n) is 5.88. The number of thiophene rings is 1. The predicted octanol–water partition coefficient (Wildman–Crippen LogP) is 3.30. The van der Waals surface area contributed by atoms with Gasteiger partial charge in [-0.1, -0.05) is 11.2 Å². The van der Waals surface area contributed by atoms with Crippen LogP contribution in [0.4, 0.5) is 0 Å². The van der Waals surface area contributed by atoms with E-state index < -0.39 is 0 Å². The Morgan fingerprint density at radius 2 is 2.19 bits per heavy atom. The number of hydrogen-bond donors (Lipinski definition) is 1. The molecule has 3 rings (SSSR count). The molecule has 1 atom stereocenters. The summed E-state index contributed by atoms with van der Waals surface area (Å²) in [6.07, 6.45) is 1.79. The molecule has 21 heavy (non-hydrogen) atoms. The van der Waals surface area contributed by atoms with Gasteiger partial charge in [-0.3, -0.25) is 4.90 Å². The minimum absolute atomic E-state index is 0.300. The fourth-order valence-electron chi connectivity index (χ4n) is 3.07. The van der Waals surface area contributed by atoms with E-state index in [2.05, 4.69) is 10.1 Å². The summed E-state index contributed by atoms with van der Waals surface area (Å²) < 4.78 is 5.23. The summed E-state index contributed by atoms with van der Waals surface area (Å²) in [6.45, 7) is 6.93. The Balaban J connectivity index is 1.56. The van der Waals surface area contributed by atoms with Crippen molar-refractivity contribution in [2.75, 3.05) is 13.1 Å². The molecule has 0 spiro atoms. The van der Waals surface area contributed by atoms with Crippen molar-refractivity contribution in [3.05, 3.63) is 39.4 Å². The van der Waals surface area contributed by atoms with Gasteiger partial charge in [-0.25, -0.2) is 0 Å². The van der Waals surface area contributed by atoms with Crippen molar-refractivity contribution in [1.82, 2.24) is 10.1 Å². The first-order chi connectivity index (χ1) is 10.1. The van der Waals surface area contributed by atoms with Crippen molar-refractivity contribution in [2.24, 2.45) is 5.92 Å². The summed E-state index contributed by atoms with van der Waals surface area (Å²) in [5.74, 6) is 1.30. The van der Waals surface area contributed by atoms with E-state index >= 15 is 0 Å². The van der Waals surface area contributed by atoms with Crippen LogP contribution in [0.15, 0.2) is 22.0 Å². The van der Waals surface area contributed by atoms with Crippen LogP contribution in [0.5, 0.6) is 0 Å². The molecule has 1 fully saturated rings. The fourth-order valence-corrected chi connectivity index (χ4v) is 3.87. The molecule has 0 aromatic carbocycles. The average molecular weight is 306 g/mol. The molecule has 0 aliphatic carbocycles. The van der Waals surface area contributed by atoms with Gasteiger partial charge in [-0.15, -0.1) is 11.3 Å². The van der Waals surface area contributed by atoms with Gasteiger partial charge in [0.1, 0.15) is 5.76 Å². The molecule has 1 unspecified atom stereocenters. The minimum Gasteiger partial charge on any atom is -0.387 e. The van der Waals surface area contributed by atoms with Gasteiger partial charge in [0.05, 0.1) is 11.8 Å². The van der Waals surface area contributed by atoms with Gasteiger partial charge in [0.25, 0.3) is 0 Å². The number of likely N-dealkylation sites (tertiary alicyclic amines) is 1. The fraction of sp³-hybridized carbons (Fsp3) is 0.562. The number of rotatable bonds is 4. The van der Waals surface area contributed by atoms with E-state index in [-0.39, 0.29) is 6.10 Å². The molecule has 5 heteroatoms. The smallest absolute Gasteiger partial charge is 0.138 e. The van der Waals surface area contributed by atoms with Gasteiger partial charge in [0.15, 0.2) is 0 Å².